The van der Waals surface area contributed by atoms with E-state index < -0.39 is 0 Å². The summed E-state index contributed by atoms with van der Waals surface area (Å²) in [5.41, 5.74) is 0.885. The summed E-state index contributed by atoms with van der Waals surface area (Å²) >= 11 is 11.5. The summed E-state index contributed by atoms with van der Waals surface area (Å²) in [4.78, 5) is 7.13. The molecule has 0 saturated carbocycles. The van der Waals surface area contributed by atoms with Gasteiger partial charge in [-0.15, -0.1) is 0 Å². The van der Waals surface area contributed by atoms with E-state index in [2.05, 4.69) is 48.5 Å². The van der Waals surface area contributed by atoms with Crippen molar-refractivity contribution in [3.63, 3.8) is 0 Å². The number of nitrogens with zero attached hydrogens (tertiary/aromatic N) is 1. The lowest BCUT2D eigenvalue weighted by Gasteiger charge is -1.94. The highest BCUT2D eigenvalue weighted by Crippen LogP contribution is 2.28. The molecule has 2 heterocycles. The second kappa shape index (κ2) is 3.16. The number of nitrogens with one attached hydrogen (secondary N) is 1. The molecule has 2 nitrogen and oxygen atoms in total. The van der Waals surface area contributed by atoms with Crippen molar-refractivity contribution in [3.05, 3.63) is 25.6 Å². The van der Waals surface area contributed by atoms with Gasteiger partial charge in [-0.2, -0.15) is 0 Å². The van der Waals surface area contributed by atoms with Gasteiger partial charge in [0.05, 0.1) is 9.22 Å². The molecule has 0 fully saturated rings. The first kappa shape index (κ1) is 8.77. The van der Waals surface area contributed by atoms with E-state index in [0.29, 0.717) is 5.15 Å². The summed E-state index contributed by atoms with van der Waals surface area (Å²) in [5, 5.41) is 1.58. The smallest absolute Gasteiger partial charge is 0.153 e. The van der Waals surface area contributed by atoms with Crippen LogP contribution in [-0.4, -0.2) is 9.97 Å². The third-order valence-corrected chi connectivity index (χ3v) is 3.04. The molecule has 0 aliphatic heterocycles. The molecule has 2 aromatic heterocycles. The van der Waals surface area contributed by atoms with Crippen molar-refractivity contribution in [1.82, 2.24) is 9.97 Å². The molecule has 0 aliphatic carbocycles. The summed E-state index contributed by atoms with van der Waals surface area (Å²) in [7, 11) is 0. The highest BCUT2D eigenvalue weighted by Gasteiger charge is 2.06. The SMILES string of the molecule is Clc1ncc(Br)c2cc(I)[nH]c12. The number of hydrogen-bond donors (Lipinski definition) is 1. The van der Waals surface area contributed by atoms with E-state index >= 15 is 0 Å². The van der Waals surface area contributed by atoms with Crippen molar-refractivity contribution in [1.29, 1.82) is 0 Å². The largest absolute Gasteiger partial charge is 0.347 e. The van der Waals surface area contributed by atoms with Gasteiger partial charge in [0.1, 0.15) is 0 Å². The molecule has 0 saturated heterocycles. The predicted molar refractivity (Wildman–Crippen MR) is 61.5 cm³/mol. The molecule has 12 heavy (non-hydrogen) atoms. The normalized spacial score (nSPS) is 10.9. The van der Waals surface area contributed by atoms with Crippen LogP contribution in [0.1, 0.15) is 0 Å². The van der Waals surface area contributed by atoms with Crippen LogP contribution in [0.4, 0.5) is 0 Å². The van der Waals surface area contributed by atoms with E-state index in [4.69, 9.17) is 11.6 Å². The molecule has 0 atom stereocenters. The number of aromatic amines is 1. The minimum atomic E-state index is 0.510. The van der Waals surface area contributed by atoms with Gasteiger partial charge >= 0.3 is 0 Å². The van der Waals surface area contributed by atoms with Crippen molar-refractivity contribution in [2.24, 2.45) is 0 Å². The molecule has 0 bridgehead atoms. The lowest BCUT2D eigenvalue weighted by molar-refractivity contribution is 1.31. The van der Waals surface area contributed by atoms with Gasteiger partial charge in [0.15, 0.2) is 5.15 Å². The third-order valence-electron chi connectivity index (χ3n) is 1.54. The molecule has 0 spiro atoms. The van der Waals surface area contributed by atoms with Crippen molar-refractivity contribution in [2.45, 2.75) is 0 Å². The van der Waals surface area contributed by atoms with E-state index in [1.54, 1.807) is 6.20 Å². The second-order valence-electron chi connectivity index (χ2n) is 2.30. The Bertz CT molecular complexity index is 401. The monoisotopic (exact) mass is 356 g/mol. The number of rotatable bonds is 0. The average molecular weight is 357 g/mol. The van der Waals surface area contributed by atoms with Crippen LogP contribution in [-0.2, 0) is 0 Å². The van der Waals surface area contributed by atoms with Crippen LogP contribution < -0.4 is 0 Å². The fourth-order valence-corrected chi connectivity index (χ4v) is 2.21. The second-order valence-corrected chi connectivity index (χ2v) is 4.68. The first-order valence-corrected chi connectivity index (χ1v) is 5.41. The molecule has 0 unspecified atom stereocenters. The van der Waals surface area contributed by atoms with Gasteiger partial charge in [-0.1, -0.05) is 11.6 Å². The Hall–Kier alpha value is 0.190. The lowest BCUT2D eigenvalue weighted by Crippen LogP contribution is -1.77. The third kappa shape index (κ3) is 1.36. The maximum absolute atomic E-state index is 5.88. The number of halogens is 3. The molecule has 0 radical (unpaired) electrons. The molecule has 5 heteroatoms. The Morgan fingerprint density at radius 3 is 3.00 bits per heavy atom. The zero-order valence-corrected chi connectivity index (χ0v) is 10.2. The van der Waals surface area contributed by atoms with Gasteiger partial charge in [-0.05, 0) is 44.6 Å². The van der Waals surface area contributed by atoms with E-state index in [9.17, 15) is 0 Å². The van der Waals surface area contributed by atoms with Gasteiger partial charge in [0.25, 0.3) is 0 Å². The molecule has 0 amide bonds. The standard InChI is InChI=1S/C7H3BrClIN2/c8-4-2-11-7(9)6-3(4)1-5(10)12-6/h1-2,12H. The Kier molecular flexibility index (Phi) is 2.31. The molecular formula is C7H3BrClIN2. The molecule has 0 aromatic carbocycles. The minimum Gasteiger partial charge on any atom is -0.347 e. The quantitative estimate of drug-likeness (QED) is 0.567. The van der Waals surface area contributed by atoms with Crippen LogP contribution in [0.3, 0.4) is 0 Å². The maximum atomic E-state index is 5.88. The Morgan fingerprint density at radius 2 is 2.33 bits per heavy atom. The zero-order valence-electron chi connectivity index (χ0n) is 5.74. The molecular weight excluding hydrogens is 354 g/mol. The number of fused-ring (bicyclic) bond motifs is 1. The zero-order chi connectivity index (χ0) is 8.72. The first-order chi connectivity index (χ1) is 5.68. The highest BCUT2D eigenvalue weighted by molar-refractivity contribution is 14.1. The van der Waals surface area contributed by atoms with E-state index in [1.165, 1.54) is 0 Å². The van der Waals surface area contributed by atoms with E-state index in [-0.39, 0.29) is 0 Å². The minimum absolute atomic E-state index is 0.510. The summed E-state index contributed by atoms with van der Waals surface area (Å²) in [6.45, 7) is 0. The average Bonchev–Trinajstić information content (AvgIpc) is 2.41. The van der Waals surface area contributed by atoms with Crippen LogP contribution in [0.25, 0.3) is 10.9 Å². The van der Waals surface area contributed by atoms with E-state index in [0.717, 1.165) is 19.1 Å². The highest BCUT2D eigenvalue weighted by atomic mass is 127. The molecule has 0 aliphatic rings. The van der Waals surface area contributed by atoms with Crippen LogP contribution in [0, 0.1) is 3.70 Å². The number of pyridine rings is 1. The van der Waals surface area contributed by atoms with Gasteiger partial charge in [0, 0.05) is 16.1 Å². The van der Waals surface area contributed by atoms with Crippen molar-refractivity contribution >= 4 is 61.0 Å². The number of hydrogen-bond acceptors (Lipinski definition) is 1. The number of aromatic nitrogens is 2. The summed E-state index contributed by atoms with van der Waals surface area (Å²) in [5.74, 6) is 0. The van der Waals surface area contributed by atoms with Crippen molar-refractivity contribution < 1.29 is 0 Å². The summed E-state index contributed by atoms with van der Waals surface area (Å²) in [6.07, 6.45) is 1.70. The first-order valence-electron chi connectivity index (χ1n) is 3.16. The fraction of sp³-hybridized carbons (Fsp3) is 0. The van der Waals surface area contributed by atoms with Crippen molar-refractivity contribution in [2.75, 3.05) is 0 Å². The van der Waals surface area contributed by atoms with Crippen LogP contribution in [0.2, 0.25) is 5.15 Å². The maximum Gasteiger partial charge on any atom is 0.153 e. The summed E-state index contributed by atoms with van der Waals surface area (Å²) < 4.78 is 2.01. The van der Waals surface area contributed by atoms with Gasteiger partial charge in [-0.25, -0.2) is 4.98 Å². The van der Waals surface area contributed by atoms with Crippen LogP contribution >= 0.6 is 50.1 Å². The van der Waals surface area contributed by atoms with Crippen LogP contribution in [0.5, 0.6) is 0 Å². The Labute approximate surface area is 96.0 Å². The lowest BCUT2D eigenvalue weighted by atomic mass is 10.3. The fourth-order valence-electron chi connectivity index (χ4n) is 1.02. The van der Waals surface area contributed by atoms with Gasteiger partial charge in [-0.3, -0.25) is 0 Å². The Balaban J connectivity index is 2.93. The molecule has 62 valence electrons. The molecule has 2 rings (SSSR count). The molecule has 1 N–H and O–H groups in total. The summed E-state index contributed by atoms with van der Waals surface area (Å²) in [6, 6.07) is 2.02. The van der Waals surface area contributed by atoms with Gasteiger partial charge in [0.2, 0.25) is 0 Å². The van der Waals surface area contributed by atoms with E-state index in [1.807, 2.05) is 6.07 Å². The van der Waals surface area contributed by atoms with Gasteiger partial charge < -0.3 is 4.98 Å². The Morgan fingerprint density at radius 1 is 1.58 bits per heavy atom. The van der Waals surface area contributed by atoms with Crippen molar-refractivity contribution in [3.8, 4) is 0 Å². The number of H-pyrrole nitrogens is 1. The predicted octanol–water partition coefficient (Wildman–Crippen LogP) is 3.58. The van der Waals surface area contributed by atoms with Crippen LogP contribution in [0.15, 0.2) is 16.7 Å². The molecule has 2 aromatic rings. The topological polar surface area (TPSA) is 28.7 Å².